The van der Waals surface area contributed by atoms with Gasteiger partial charge in [0.05, 0.1) is 5.52 Å². The standard InChI is InChI=1S/C24H26FN3O2/c1-15(27-29)20-12-17(20)10-16-8-9-23(21(25)11-16)30-14-18-13-24(28(2)3)26-22-7-5-4-6-19(18)22/h4-9,11,13,17,20,27,29H,1,10,12,14H2,2-3H3. The second-order valence-electron chi connectivity index (χ2n) is 8.05. The summed E-state index contributed by atoms with van der Waals surface area (Å²) in [5.74, 6) is 1.34. The van der Waals surface area contributed by atoms with E-state index in [0.717, 1.165) is 40.7 Å². The first kappa shape index (κ1) is 20.2. The van der Waals surface area contributed by atoms with Crippen molar-refractivity contribution in [1.29, 1.82) is 0 Å². The number of nitrogens with zero attached hydrogens (tertiary/aromatic N) is 2. The quantitative estimate of drug-likeness (QED) is 0.531. The first-order chi connectivity index (χ1) is 14.5. The molecule has 0 bridgehead atoms. The van der Waals surface area contributed by atoms with Crippen molar-refractivity contribution in [3.63, 3.8) is 0 Å². The van der Waals surface area contributed by atoms with Crippen LogP contribution in [0.5, 0.6) is 5.75 Å². The van der Waals surface area contributed by atoms with Crippen LogP contribution in [0, 0.1) is 17.7 Å². The molecule has 0 radical (unpaired) electrons. The summed E-state index contributed by atoms with van der Waals surface area (Å²) in [6.45, 7) is 4.04. The molecule has 2 atom stereocenters. The largest absolute Gasteiger partial charge is 0.486 e. The van der Waals surface area contributed by atoms with Gasteiger partial charge in [0, 0.05) is 36.7 Å². The predicted molar refractivity (Wildman–Crippen MR) is 116 cm³/mol. The van der Waals surface area contributed by atoms with E-state index in [1.165, 1.54) is 6.07 Å². The predicted octanol–water partition coefficient (Wildman–Crippen LogP) is 4.69. The highest BCUT2D eigenvalue weighted by atomic mass is 19.1. The summed E-state index contributed by atoms with van der Waals surface area (Å²) in [4.78, 5) is 6.59. The Balaban J connectivity index is 1.47. The van der Waals surface area contributed by atoms with Gasteiger partial charge in [0.25, 0.3) is 0 Å². The zero-order valence-electron chi connectivity index (χ0n) is 17.2. The molecule has 5 nitrogen and oxygen atoms in total. The van der Waals surface area contributed by atoms with Crippen molar-refractivity contribution in [1.82, 2.24) is 10.5 Å². The minimum atomic E-state index is -0.366. The van der Waals surface area contributed by atoms with Gasteiger partial charge in [-0.1, -0.05) is 30.8 Å². The highest BCUT2D eigenvalue weighted by Crippen LogP contribution is 2.44. The zero-order chi connectivity index (χ0) is 21.3. The van der Waals surface area contributed by atoms with Gasteiger partial charge in [-0.3, -0.25) is 10.7 Å². The van der Waals surface area contributed by atoms with E-state index in [1.807, 2.05) is 55.4 Å². The molecular formula is C24H26FN3O2. The van der Waals surface area contributed by atoms with E-state index < -0.39 is 0 Å². The zero-order valence-corrected chi connectivity index (χ0v) is 17.2. The smallest absolute Gasteiger partial charge is 0.165 e. The number of hydrogen-bond acceptors (Lipinski definition) is 5. The van der Waals surface area contributed by atoms with Crippen LogP contribution < -0.4 is 15.1 Å². The monoisotopic (exact) mass is 407 g/mol. The molecule has 1 aromatic heterocycles. The normalized spacial score (nSPS) is 17.6. The number of ether oxygens (including phenoxy) is 1. The lowest BCUT2D eigenvalue weighted by atomic mass is 10.1. The van der Waals surface area contributed by atoms with E-state index in [0.29, 0.717) is 11.6 Å². The maximum absolute atomic E-state index is 14.7. The number of halogens is 1. The van der Waals surface area contributed by atoms with Crippen molar-refractivity contribution in [2.24, 2.45) is 11.8 Å². The lowest BCUT2D eigenvalue weighted by Crippen LogP contribution is -2.12. The number of fused-ring (bicyclic) bond motifs is 1. The molecule has 1 saturated carbocycles. The van der Waals surface area contributed by atoms with E-state index in [2.05, 4.69) is 17.0 Å². The molecule has 0 aliphatic heterocycles. The Hall–Kier alpha value is -3.12. The third-order valence-corrected chi connectivity index (χ3v) is 5.64. The minimum absolute atomic E-state index is 0.236. The van der Waals surface area contributed by atoms with E-state index in [1.54, 1.807) is 6.07 Å². The summed E-state index contributed by atoms with van der Waals surface area (Å²) in [7, 11) is 3.88. The molecule has 0 amide bonds. The number of nitrogens with one attached hydrogen (secondary N) is 1. The highest BCUT2D eigenvalue weighted by Gasteiger charge is 2.39. The molecule has 0 spiro atoms. The topological polar surface area (TPSA) is 57.6 Å². The van der Waals surface area contributed by atoms with Gasteiger partial charge in [0.2, 0.25) is 0 Å². The van der Waals surface area contributed by atoms with Crippen molar-refractivity contribution >= 4 is 16.7 Å². The molecule has 3 aromatic rings. The molecule has 1 fully saturated rings. The summed E-state index contributed by atoms with van der Waals surface area (Å²) >= 11 is 0. The number of hydrogen-bond donors (Lipinski definition) is 2. The van der Waals surface area contributed by atoms with Crippen molar-refractivity contribution in [3.05, 3.63) is 77.8 Å². The first-order valence-corrected chi connectivity index (χ1v) is 10.0. The maximum atomic E-state index is 14.7. The number of aromatic nitrogens is 1. The van der Waals surface area contributed by atoms with Gasteiger partial charge in [0.1, 0.15) is 12.4 Å². The Morgan fingerprint density at radius 1 is 1.27 bits per heavy atom. The van der Waals surface area contributed by atoms with Crippen LogP contribution >= 0.6 is 0 Å². The van der Waals surface area contributed by atoms with Gasteiger partial charge in [0.15, 0.2) is 11.6 Å². The van der Waals surface area contributed by atoms with Gasteiger partial charge < -0.3 is 9.64 Å². The number of rotatable bonds is 8. The second kappa shape index (κ2) is 8.32. The molecule has 1 aliphatic carbocycles. The third-order valence-electron chi connectivity index (χ3n) is 5.64. The molecule has 2 N–H and O–H groups in total. The number of para-hydroxylation sites is 1. The van der Waals surface area contributed by atoms with Crippen molar-refractivity contribution in [2.75, 3.05) is 19.0 Å². The maximum Gasteiger partial charge on any atom is 0.165 e. The average molecular weight is 407 g/mol. The van der Waals surface area contributed by atoms with Gasteiger partial charge in [-0.05, 0) is 48.6 Å². The number of benzene rings is 2. The lowest BCUT2D eigenvalue weighted by molar-refractivity contribution is 0.193. The minimum Gasteiger partial charge on any atom is -0.486 e. The fraction of sp³-hybridized carbons (Fsp3) is 0.292. The Morgan fingerprint density at radius 3 is 2.80 bits per heavy atom. The molecular weight excluding hydrogens is 381 g/mol. The van der Waals surface area contributed by atoms with Crippen LogP contribution in [0.3, 0.4) is 0 Å². The number of anilines is 1. The van der Waals surface area contributed by atoms with Crippen molar-refractivity contribution in [3.8, 4) is 5.75 Å². The SMILES string of the molecule is C=C(NO)C1CC1Cc1ccc(OCc2cc(N(C)C)nc3ccccc23)c(F)c1. The van der Waals surface area contributed by atoms with Crippen LogP contribution in [-0.4, -0.2) is 24.3 Å². The van der Waals surface area contributed by atoms with Crippen LogP contribution in [-0.2, 0) is 13.0 Å². The summed E-state index contributed by atoms with van der Waals surface area (Å²) in [6.07, 6.45) is 1.71. The van der Waals surface area contributed by atoms with Crippen LogP contribution in [0.1, 0.15) is 17.5 Å². The summed E-state index contributed by atoms with van der Waals surface area (Å²) < 4.78 is 20.5. The molecule has 6 heteroatoms. The molecule has 30 heavy (non-hydrogen) atoms. The van der Waals surface area contributed by atoms with Crippen molar-refractivity contribution in [2.45, 2.75) is 19.4 Å². The molecule has 0 saturated heterocycles. The third kappa shape index (κ3) is 4.24. The molecule has 1 aliphatic rings. The van der Waals surface area contributed by atoms with Crippen LogP contribution in [0.4, 0.5) is 10.2 Å². The number of allylic oxidation sites excluding steroid dienone is 1. The van der Waals surface area contributed by atoms with Gasteiger partial charge in [-0.15, -0.1) is 0 Å². The summed E-state index contributed by atoms with van der Waals surface area (Å²) in [5, 5.41) is 9.94. The van der Waals surface area contributed by atoms with E-state index in [4.69, 9.17) is 9.94 Å². The van der Waals surface area contributed by atoms with Gasteiger partial charge >= 0.3 is 0 Å². The van der Waals surface area contributed by atoms with Crippen molar-refractivity contribution < 1.29 is 14.3 Å². The molecule has 4 rings (SSSR count). The Bertz CT molecular complexity index is 1080. The molecule has 2 aromatic carbocycles. The second-order valence-corrected chi connectivity index (χ2v) is 8.05. The average Bonchev–Trinajstić information content (AvgIpc) is 3.51. The summed E-state index contributed by atoms with van der Waals surface area (Å²) in [5.41, 5.74) is 5.52. The fourth-order valence-electron chi connectivity index (χ4n) is 3.81. The Morgan fingerprint density at radius 2 is 2.07 bits per heavy atom. The molecule has 156 valence electrons. The van der Waals surface area contributed by atoms with E-state index in [-0.39, 0.29) is 24.1 Å². The first-order valence-electron chi connectivity index (χ1n) is 10.0. The molecule has 2 unspecified atom stereocenters. The number of hydroxylamine groups is 1. The number of pyridine rings is 1. The van der Waals surface area contributed by atoms with E-state index in [9.17, 15) is 4.39 Å². The van der Waals surface area contributed by atoms with Gasteiger partial charge in [-0.25, -0.2) is 9.37 Å². The Kier molecular flexibility index (Phi) is 5.59. The highest BCUT2D eigenvalue weighted by molar-refractivity contribution is 5.84. The van der Waals surface area contributed by atoms with Crippen LogP contribution in [0.2, 0.25) is 0 Å². The van der Waals surface area contributed by atoms with Gasteiger partial charge in [-0.2, -0.15) is 0 Å². The Labute approximate surface area is 175 Å². The fourth-order valence-corrected chi connectivity index (χ4v) is 3.81. The molecule has 1 heterocycles. The lowest BCUT2D eigenvalue weighted by Gasteiger charge is -2.16. The van der Waals surface area contributed by atoms with E-state index >= 15 is 0 Å². The summed E-state index contributed by atoms with van der Waals surface area (Å²) in [6, 6.07) is 15.0. The van der Waals surface area contributed by atoms with Crippen LogP contribution in [0.25, 0.3) is 10.9 Å². The van der Waals surface area contributed by atoms with Crippen LogP contribution in [0.15, 0.2) is 60.8 Å².